The van der Waals surface area contributed by atoms with Crippen LogP contribution >= 0.6 is 0 Å². The number of anilines is 2. The lowest BCUT2D eigenvalue weighted by molar-refractivity contribution is -0.111. The van der Waals surface area contributed by atoms with Gasteiger partial charge in [0.1, 0.15) is 0 Å². The number of amides is 1. The monoisotopic (exact) mass is 335 g/mol. The summed E-state index contributed by atoms with van der Waals surface area (Å²) in [5.41, 5.74) is 6.20. The molecule has 2 aromatic rings. The second kappa shape index (κ2) is 6.71. The van der Waals surface area contributed by atoms with Crippen molar-refractivity contribution in [1.82, 2.24) is 4.98 Å². The van der Waals surface area contributed by atoms with Gasteiger partial charge in [0.25, 0.3) is 0 Å². The zero-order chi connectivity index (χ0) is 18.0. The third-order valence-corrected chi connectivity index (χ3v) is 4.39. The van der Waals surface area contributed by atoms with Crippen LogP contribution in [0.1, 0.15) is 43.3 Å². The molecule has 0 aliphatic carbocycles. The van der Waals surface area contributed by atoms with E-state index in [1.165, 1.54) is 5.56 Å². The van der Waals surface area contributed by atoms with Gasteiger partial charge < -0.3 is 10.6 Å². The Bertz CT molecular complexity index is 832. The molecule has 0 atom stereocenters. The van der Waals surface area contributed by atoms with E-state index in [1.807, 2.05) is 43.3 Å². The van der Waals surface area contributed by atoms with Crippen LogP contribution in [0.4, 0.5) is 11.4 Å². The topological polar surface area (TPSA) is 54.0 Å². The van der Waals surface area contributed by atoms with E-state index in [-0.39, 0.29) is 11.3 Å². The molecule has 130 valence electrons. The minimum atomic E-state index is -0.134. The maximum atomic E-state index is 12.2. The number of aryl methyl sites for hydroxylation is 1. The zero-order valence-electron chi connectivity index (χ0n) is 15.3. The molecule has 4 nitrogen and oxygen atoms in total. The first-order chi connectivity index (χ1) is 11.8. The smallest absolute Gasteiger partial charge is 0.248 e. The number of pyridine rings is 1. The summed E-state index contributed by atoms with van der Waals surface area (Å²) in [5.74, 6) is -0.134. The zero-order valence-corrected chi connectivity index (χ0v) is 15.3. The second-order valence-corrected chi connectivity index (χ2v) is 7.49. The highest BCUT2D eigenvalue weighted by Crippen LogP contribution is 2.25. The van der Waals surface area contributed by atoms with E-state index in [9.17, 15) is 4.79 Å². The van der Waals surface area contributed by atoms with Crippen LogP contribution in [0, 0.1) is 6.92 Å². The lowest BCUT2D eigenvalue weighted by atomic mass is 9.91. The van der Waals surface area contributed by atoms with Crippen LogP contribution in [0.15, 0.2) is 36.4 Å². The van der Waals surface area contributed by atoms with Crippen molar-refractivity contribution in [3.05, 3.63) is 58.9 Å². The van der Waals surface area contributed by atoms with Gasteiger partial charge in [0, 0.05) is 40.8 Å². The summed E-state index contributed by atoms with van der Waals surface area (Å²) in [5, 5.41) is 6.24. The third kappa shape index (κ3) is 4.08. The lowest BCUT2D eigenvalue weighted by Crippen LogP contribution is -2.14. The number of carbonyl (C=O) groups is 1. The molecular weight excluding hydrogens is 310 g/mol. The van der Waals surface area contributed by atoms with Crippen LogP contribution in [-0.4, -0.2) is 17.4 Å². The molecule has 0 unspecified atom stereocenters. The van der Waals surface area contributed by atoms with E-state index in [0.717, 1.165) is 41.3 Å². The molecule has 25 heavy (non-hydrogen) atoms. The number of hydrogen-bond acceptors (Lipinski definition) is 3. The Hall–Kier alpha value is -2.62. The molecule has 0 saturated carbocycles. The van der Waals surface area contributed by atoms with Gasteiger partial charge in [0.05, 0.1) is 0 Å². The first kappa shape index (κ1) is 17.2. The number of benzene rings is 1. The van der Waals surface area contributed by atoms with Crippen molar-refractivity contribution in [2.45, 2.75) is 39.5 Å². The van der Waals surface area contributed by atoms with Crippen LogP contribution in [0.2, 0.25) is 0 Å². The quantitative estimate of drug-likeness (QED) is 0.822. The number of rotatable bonds is 3. The molecule has 0 fully saturated rings. The fourth-order valence-electron chi connectivity index (χ4n) is 2.90. The first-order valence-electron chi connectivity index (χ1n) is 8.67. The SMILES string of the molecule is Cc1nc(C(C)(C)C)ccc1/C=C/C(=O)Nc1ccc2c(c1)CCN2. The van der Waals surface area contributed by atoms with E-state index in [0.29, 0.717) is 0 Å². The van der Waals surface area contributed by atoms with E-state index in [2.05, 4.69) is 36.4 Å². The van der Waals surface area contributed by atoms with E-state index < -0.39 is 0 Å². The van der Waals surface area contributed by atoms with Crippen molar-refractivity contribution in [2.75, 3.05) is 17.2 Å². The number of carbonyl (C=O) groups excluding carboxylic acids is 1. The van der Waals surface area contributed by atoms with Gasteiger partial charge in [-0.25, -0.2) is 0 Å². The summed E-state index contributed by atoms with van der Waals surface area (Å²) in [6, 6.07) is 10.0. The highest BCUT2D eigenvalue weighted by molar-refractivity contribution is 6.02. The van der Waals surface area contributed by atoms with Gasteiger partial charge in [-0.3, -0.25) is 9.78 Å². The van der Waals surface area contributed by atoms with Crippen LogP contribution in [0.3, 0.4) is 0 Å². The molecule has 0 spiro atoms. The summed E-state index contributed by atoms with van der Waals surface area (Å²) in [7, 11) is 0. The fraction of sp³-hybridized carbons (Fsp3) is 0.333. The summed E-state index contributed by atoms with van der Waals surface area (Å²) in [6.45, 7) is 9.36. The molecule has 1 aromatic heterocycles. The van der Waals surface area contributed by atoms with Crippen molar-refractivity contribution in [3.63, 3.8) is 0 Å². The highest BCUT2D eigenvalue weighted by atomic mass is 16.1. The number of nitrogens with one attached hydrogen (secondary N) is 2. The predicted molar refractivity (Wildman–Crippen MR) is 104 cm³/mol. The number of nitrogens with zero attached hydrogens (tertiary/aromatic N) is 1. The Morgan fingerprint density at radius 2 is 2.04 bits per heavy atom. The molecule has 2 N–H and O–H groups in total. The molecule has 3 rings (SSSR count). The van der Waals surface area contributed by atoms with Crippen LogP contribution in [0.5, 0.6) is 0 Å². The second-order valence-electron chi connectivity index (χ2n) is 7.49. The molecule has 0 bridgehead atoms. The van der Waals surface area contributed by atoms with Gasteiger partial charge in [-0.05, 0) is 54.8 Å². The van der Waals surface area contributed by atoms with Gasteiger partial charge in [-0.1, -0.05) is 26.8 Å². The Labute approximate surface area is 149 Å². The van der Waals surface area contributed by atoms with Crippen molar-refractivity contribution in [3.8, 4) is 0 Å². The Kier molecular flexibility index (Phi) is 4.62. The van der Waals surface area contributed by atoms with Crippen molar-refractivity contribution in [2.24, 2.45) is 0 Å². The summed E-state index contributed by atoms with van der Waals surface area (Å²) >= 11 is 0. The molecule has 2 heterocycles. The molecule has 4 heteroatoms. The summed E-state index contributed by atoms with van der Waals surface area (Å²) in [4.78, 5) is 16.8. The standard InChI is InChI=1S/C21H25N3O/c1-14-15(5-9-19(23-14)21(2,3)4)6-10-20(25)24-17-7-8-18-16(13-17)11-12-22-18/h5-10,13,22H,11-12H2,1-4H3,(H,24,25)/b10-6+. The molecular formula is C21H25N3O. The Balaban J connectivity index is 1.68. The third-order valence-electron chi connectivity index (χ3n) is 4.39. The number of hydrogen-bond donors (Lipinski definition) is 2. The number of aromatic nitrogens is 1. The molecule has 1 aliphatic rings. The lowest BCUT2D eigenvalue weighted by Gasteiger charge is -2.18. The fourth-order valence-corrected chi connectivity index (χ4v) is 2.90. The van der Waals surface area contributed by atoms with Crippen molar-refractivity contribution >= 4 is 23.4 Å². The average Bonchev–Trinajstić information content (AvgIpc) is 3.00. The Morgan fingerprint density at radius 3 is 2.76 bits per heavy atom. The molecule has 1 amide bonds. The van der Waals surface area contributed by atoms with Gasteiger partial charge >= 0.3 is 0 Å². The molecule has 0 radical (unpaired) electrons. The largest absolute Gasteiger partial charge is 0.384 e. The minimum absolute atomic E-state index is 0.0206. The van der Waals surface area contributed by atoms with Gasteiger partial charge in [-0.15, -0.1) is 0 Å². The maximum absolute atomic E-state index is 12.2. The van der Waals surface area contributed by atoms with Crippen molar-refractivity contribution < 1.29 is 4.79 Å². The number of fused-ring (bicyclic) bond motifs is 1. The van der Waals surface area contributed by atoms with Crippen molar-refractivity contribution in [1.29, 1.82) is 0 Å². The average molecular weight is 335 g/mol. The predicted octanol–water partition coefficient (Wildman–Crippen LogP) is 4.31. The van der Waals surface area contributed by atoms with Gasteiger partial charge in [0.2, 0.25) is 5.91 Å². The van der Waals surface area contributed by atoms with Gasteiger partial charge in [0.15, 0.2) is 0 Å². The summed E-state index contributed by atoms with van der Waals surface area (Å²) in [6.07, 6.45) is 4.38. The normalized spacial score (nSPS) is 13.6. The van der Waals surface area contributed by atoms with Crippen LogP contribution in [-0.2, 0) is 16.6 Å². The molecule has 1 aliphatic heterocycles. The van der Waals surface area contributed by atoms with Crippen LogP contribution in [0.25, 0.3) is 6.08 Å². The maximum Gasteiger partial charge on any atom is 0.248 e. The first-order valence-corrected chi connectivity index (χ1v) is 8.67. The van der Waals surface area contributed by atoms with Gasteiger partial charge in [-0.2, -0.15) is 0 Å². The van der Waals surface area contributed by atoms with E-state index in [4.69, 9.17) is 0 Å². The Morgan fingerprint density at radius 1 is 1.24 bits per heavy atom. The van der Waals surface area contributed by atoms with E-state index in [1.54, 1.807) is 6.08 Å². The van der Waals surface area contributed by atoms with E-state index >= 15 is 0 Å². The van der Waals surface area contributed by atoms with Crippen LogP contribution < -0.4 is 10.6 Å². The minimum Gasteiger partial charge on any atom is -0.384 e. The summed E-state index contributed by atoms with van der Waals surface area (Å²) < 4.78 is 0. The molecule has 1 aromatic carbocycles. The molecule has 0 saturated heterocycles. The highest BCUT2D eigenvalue weighted by Gasteiger charge is 2.15.